The lowest BCUT2D eigenvalue weighted by atomic mass is 9.87. The van der Waals surface area contributed by atoms with E-state index >= 15 is 0 Å². The highest BCUT2D eigenvalue weighted by Gasteiger charge is 2.23. The van der Waals surface area contributed by atoms with Crippen molar-refractivity contribution in [3.63, 3.8) is 0 Å². The minimum absolute atomic E-state index is 0.107. The number of nitrogens with one attached hydrogen (secondary N) is 1. The van der Waals surface area contributed by atoms with Crippen LogP contribution in [-0.2, 0) is 13.5 Å². The zero-order valence-corrected chi connectivity index (χ0v) is 15.6. The number of aliphatic hydroxyl groups is 2. The molecule has 2 aromatic rings. The summed E-state index contributed by atoms with van der Waals surface area (Å²) in [5.41, 5.74) is 1.99. The van der Waals surface area contributed by atoms with E-state index in [4.69, 9.17) is 11.6 Å². The van der Waals surface area contributed by atoms with Gasteiger partial charge in [0, 0.05) is 19.3 Å². The van der Waals surface area contributed by atoms with E-state index in [0.717, 1.165) is 12.0 Å². The van der Waals surface area contributed by atoms with Crippen molar-refractivity contribution in [3.05, 3.63) is 46.2 Å². The molecular formula is C18H24ClN3O3. The van der Waals surface area contributed by atoms with E-state index in [-0.39, 0.29) is 28.4 Å². The Bertz CT molecular complexity index is 752. The third kappa shape index (κ3) is 4.60. The van der Waals surface area contributed by atoms with Gasteiger partial charge in [-0.05, 0) is 36.5 Å². The van der Waals surface area contributed by atoms with E-state index in [1.54, 1.807) is 26.1 Å². The molecule has 0 bridgehead atoms. The Hall–Kier alpha value is -1.89. The number of hydrogen-bond acceptors (Lipinski definition) is 4. The van der Waals surface area contributed by atoms with Gasteiger partial charge in [0.25, 0.3) is 5.91 Å². The first-order valence-electron chi connectivity index (χ1n) is 8.06. The third-order valence-electron chi connectivity index (χ3n) is 3.95. The number of carbonyl (C=O) groups excluding carboxylic acids is 1. The summed E-state index contributed by atoms with van der Waals surface area (Å²) in [6, 6.07) is 7.44. The van der Waals surface area contributed by atoms with Gasteiger partial charge in [-0.2, -0.15) is 5.10 Å². The van der Waals surface area contributed by atoms with E-state index in [9.17, 15) is 15.0 Å². The number of anilines is 1. The van der Waals surface area contributed by atoms with Crippen LogP contribution in [0.4, 0.5) is 5.69 Å². The standard InChI is InChI=1S/C18H24ClN3O3/c1-11(24)15-14(19)16(22(4)21-15)17(25)20-13-7-5-12(6-8-13)9-18(2,3)10-23/h5-8,11,23-24H,9-10H2,1-4H3,(H,20,25). The molecule has 25 heavy (non-hydrogen) atoms. The van der Waals surface area contributed by atoms with Gasteiger partial charge < -0.3 is 15.5 Å². The second-order valence-corrected chi connectivity index (χ2v) is 7.38. The third-order valence-corrected chi connectivity index (χ3v) is 4.32. The van der Waals surface area contributed by atoms with E-state index < -0.39 is 12.0 Å². The molecule has 0 radical (unpaired) electrons. The first-order chi connectivity index (χ1) is 11.6. The highest BCUT2D eigenvalue weighted by Crippen LogP contribution is 2.26. The lowest BCUT2D eigenvalue weighted by Crippen LogP contribution is -2.20. The molecule has 0 spiro atoms. The Morgan fingerprint density at radius 3 is 2.44 bits per heavy atom. The number of carbonyl (C=O) groups is 1. The van der Waals surface area contributed by atoms with Gasteiger partial charge in [0.2, 0.25) is 0 Å². The Morgan fingerprint density at radius 2 is 1.96 bits per heavy atom. The van der Waals surface area contributed by atoms with Crippen LogP contribution in [0.25, 0.3) is 0 Å². The van der Waals surface area contributed by atoms with Gasteiger partial charge >= 0.3 is 0 Å². The number of hydrogen-bond donors (Lipinski definition) is 3. The van der Waals surface area contributed by atoms with Gasteiger partial charge in [0.15, 0.2) is 0 Å². The number of aryl methyl sites for hydroxylation is 1. The first kappa shape index (κ1) is 19.4. The van der Waals surface area contributed by atoms with Crippen LogP contribution >= 0.6 is 11.6 Å². The zero-order valence-electron chi connectivity index (χ0n) is 14.9. The van der Waals surface area contributed by atoms with Gasteiger partial charge in [-0.15, -0.1) is 0 Å². The average molecular weight is 366 g/mol. The molecule has 1 unspecified atom stereocenters. The van der Waals surface area contributed by atoms with Crippen molar-refractivity contribution in [2.45, 2.75) is 33.3 Å². The van der Waals surface area contributed by atoms with E-state index in [0.29, 0.717) is 5.69 Å². The molecule has 6 nitrogen and oxygen atoms in total. The minimum Gasteiger partial charge on any atom is -0.396 e. The number of nitrogens with zero attached hydrogens (tertiary/aromatic N) is 2. The maximum atomic E-state index is 12.5. The Morgan fingerprint density at radius 1 is 1.36 bits per heavy atom. The summed E-state index contributed by atoms with van der Waals surface area (Å²) in [4.78, 5) is 12.5. The second-order valence-electron chi connectivity index (χ2n) is 7.00. The maximum Gasteiger partial charge on any atom is 0.275 e. The highest BCUT2D eigenvalue weighted by atomic mass is 35.5. The number of aliphatic hydroxyl groups excluding tert-OH is 2. The molecule has 1 aromatic heterocycles. The number of halogens is 1. The molecule has 0 saturated carbocycles. The van der Waals surface area contributed by atoms with Gasteiger partial charge in [-0.25, -0.2) is 0 Å². The maximum absolute atomic E-state index is 12.5. The molecule has 0 aliphatic heterocycles. The Balaban J connectivity index is 2.14. The predicted molar refractivity (Wildman–Crippen MR) is 97.8 cm³/mol. The molecule has 0 saturated heterocycles. The molecule has 0 fully saturated rings. The minimum atomic E-state index is -0.852. The van der Waals surface area contributed by atoms with Crippen LogP contribution in [0.2, 0.25) is 5.02 Å². The van der Waals surface area contributed by atoms with Crippen molar-refractivity contribution in [2.75, 3.05) is 11.9 Å². The normalized spacial score (nSPS) is 12.9. The molecule has 1 heterocycles. The fourth-order valence-corrected chi connectivity index (χ4v) is 2.94. The van der Waals surface area contributed by atoms with E-state index in [1.807, 2.05) is 26.0 Å². The Kier molecular flexibility index (Phi) is 5.87. The summed E-state index contributed by atoms with van der Waals surface area (Å²) in [7, 11) is 1.60. The van der Waals surface area contributed by atoms with Gasteiger partial charge in [0.1, 0.15) is 11.4 Å². The summed E-state index contributed by atoms with van der Waals surface area (Å²) in [5, 5.41) is 26.0. The smallest absolute Gasteiger partial charge is 0.275 e. The number of aromatic nitrogens is 2. The second kappa shape index (κ2) is 7.56. The van der Waals surface area contributed by atoms with Crippen LogP contribution in [0.5, 0.6) is 0 Å². The monoisotopic (exact) mass is 365 g/mol. The molecule has 3 N–H and O–H groups in total. The van der Waals surface area contributed by atoms with Crippen LogP contribution in [-0.4, -0.2) is 32.5 Å². The van der Waals surface area contributed by atoms with Gasteiger partial charge in [0.05, 0.1) is 11.1 Å². The SMILES string of the molecule is CC(O)c1nn(C)c(C(=O)Nc2ccc(CC(C)(C)CO)cc2)c1Cl. The first-order valence-corrected chi connectivity index (χ1v) is 8.44. The number of benzene rings is 1. The van der Waals surface area contributed by atoms with Crippen LogP contribution in [0, 0.1) is 5.41 Å². The summed E-state index contributed by atoms with van der Waals surface area (Å²) < 4.78 is 1.36. The fraction of sp³-hybridized carbons (Fsp3) is 0.444. The van der Waals surface area contributed by atoms with Gasteiger partial charge in [-0.1, -0.05) is 37.6 Å². The number of rotatable bonds is 6. The number of amides is 1. The summed E-state index contributed by atoms with van der Waals surface area (Å²) >= 11 is 6.17. The molecule has 136 valence electrons. The van der Waals surface area contributed by atoms with Crippen molar-refractivity contribution < 1.29 is 15.0 Å². The van der Waals surface area contributed by atoms with Crippen molar-refractivity contribution in [1.82, 2.24) is 9.78 Å². The van der Waals surface area contributed by atoms with E-state index in [2.05, 4.69) is 10.4 Å². The van der Waals surface area contributed by atoms with Crippen LogP contribution < -0.4 is 5.32 Å². The molecule has 1 aromatic carbocycles. The van der Waals surface area contributed by atoms with Crippen LogP contribution in [0.1, 0.15) is 48.6 Å². The van der Waals surface area contributed by atoms with Crippen LogP contribution in [0.3, 0.4) is 0 Å². The molecular weight excluding hydrogens is 342 g/mol. The Labute approximate surface area is 152 Å². The molecule has 1 amide bonds. The molecule has 2 rings (SSSR count). The average Bonchev–Trinajstić information content (AvgIpc) is 2.84. The molecule has 1 atom stereocenters. The van der Waals surface area contributed by atoms with Crippen molar-refractivity contribution in [3.8, 4) is 0 Å². The fourth-order valence-electron chi connectivity index (χ4n) is 2.54. The van der Waals surface area contributed by atoms with Crippen molar-refractivity contribution >= 4 is 23.2 Å². The van der Waals surface area contributed by atoms with Crippen molar-refractivity contribution in [1.29, 1.82) is 0 Å². The predicted octanol–water partition coefficient (Wildman–Crippen LogP) is 2.94. The largest absolute Gasteiger partial charge is 0.396 e. The lowest BCUT2D eigenvalue weighted by molar-refractivity contribution is 0.101. The van der Waals surface area contributed by atoms with Gasteiger partial charge in [-0.3, -0.25) is 9.48 Å². The molecule has 0 aliphatic carbocycles. The van der Waals surface area contributed by atoms with E-state index in [1.165, 1.54) is 4.68 Å². The topological polar surface area (TPSA) is 87.4 Å². The molecule has 7 heteroatoms. The summed E-state index contributed by atoms with van der Waals surface area (Å²) in [6.45, 7) is 5.64. The highest BCUT2D eigenvalue weighted by molar-refractivity contribution is 6.34. The van der Waals surface area contributed by atoms with Crippen molar-refractivity contribution in [2.24, 2.45) is 12.5 Å². The summed E-state index contributed by atoms with van der Waals surface area (Å²) in [6.07, 6.45) is -0.113. The lowest BCUT2D eigenvalue weighted by Gasteiger charge is -2.21. The summed E-state index contributed by atoms with van der Waals surface area (Å²) in [5.74, 6) is -0.393. The molecule has 0 aliphatic rings. The quantitative estimate of drug-likeness (QED) is 0.734. The van der Waals surface area contributed by atoms with Crippen LogP contribution in [0.15, 0.2) is 24.3 Å². The zero-order chi connectivity index (χ0) is 18.8.